The van der Waals surface area contributed by atoms with E-state index < -0.39 is 0 Å². The van der Waals surface area contributed by atoms with Gasteiger partial charge in [0.25, 0.3) is 0 Å². The minimum Gasteiger partial charge on any atom is -0.381 e. The topological polar surface area (TPSA) is 64.4 Å². The average molecular weight is 224 g/mol. The summed E-state index contributed by atoms with van der Waals surface area (Å²) in [6.45, 7) is 5.12. The zero-order valence-electron chi connectivity index (χ0n) is 9.53. The van der Waals surface area contributed by atoms with Gasteiger partial charge in [0.2, 0.25) is 11.8 Å². The molecule has 1 fully saturated rings. The molecule has 1 atom stereocenters. The molecular weight excluding hydrogens is 208 g/mol. The zero-order chi connectivity index (χ0) is 11.5. The number of nitrogens with one attached hydrogen (secondary N) is 1. The summed E-state index contributed by atoms with van der Waals surface area (Å²) in [5.74, 6) is 0.586. The van der Waals surface area contributed by atoms with Gasteiger partial charge in [-0.15, -0.1) is 0 Å². The second-order valence-electron chi connectivity index (χ2n) is 4.32. The number of carbonyl (C=O) groups excluding carboxylic acids is 1. The lowest BCUT2D eigenvalue weighted by molar-refractivity contribution is -0.119. The van der Waals surface area contributed by atoms with Crippen LogP contribution in [-0.4, -0.2) is 24.3 Å². The Morgan fingerprint density at radius 2 is 2.44 bits per heavy atom. The molecule has 5 heteroatoms. The number of aromatic nitrogens is 1. The number of ether oxygens (including phenoxy) is 1. The number of rotatable bonds is 3. The summed E-state index contributed by atoms with van der Waals surface area (Å²) in [5.41, 5.74) is 0.858. The van der Waals surface area contributed by atoms with Gasteiger partial charge in [-0.3, -0.25) is 10.1 Å². The highest BCUT2D eigenvalue weighted by atomic mass is 16.5. The Balaban J connectivity index is 1.99. The molecule has 0 spiro atoms. The van der Waals surface area contributed by atoms with E-state index in [1.165, 1.54) is 0 Å². The van der Waals surface area contributed by atoms with E-state index in [1.807, 2.05) is 13.8 Å². The molecule has 1 saturated heterocycles. The SMILES string of the molecule is CC(C)C(=O)Nc1cc(C2CCOC2)no1. The number of carbonyl (C=O) groups is 1. The first-order valence-electron chi connectivity index (χ1n) is 5.52. The first-order chi connectivity index (χ1) is 7.66. The van der Waals surface area contributed by atoms with Gasteiger partial charge < -0.3 is 9.26 Å². The minimum absolute atomic E-state index is 0.0645. The van der Waals surface area contributed by atoms with Crippen molar-refractivity contribution in [1.29, 1.82) is 0 Å². The quantitative estimate of drug-likeness (QED) is 0.849. The number of hydrogen-bond acceptors (Lipinski definition) is 4. The number of nitrogens with zero attached hydrogens (tertiary/aromatic N) is 1. The maximum absolute atomic E-state index is 11.4. The lowest BCUT2D eigenvalue weighted by atomic mass is 10.1. The van der Waals surface area contributed by atoms with Crippen molar-refractivity contribution in [1.82, 2.24) is 5.16 Å². The smallest absolute Gasteiger partial charge is 0.231 e. The van der Waals surface area contributed by atoms with E-state index >= 15 is 0 Å². The van der Waals surface area contributed by atoms with Crippen LogP contribution in [0.25, 0.3) is 0 Å². The molecule has 0 saturated carbocycles. The largest absolute Gasteiger partial charge is 0.381 e. The van der Waals surface area contributed by atoms with Crippen molar-refractivity contribution < 1.29 is 14.1 Å². The number of amides is 1. The van der Waals surface area contributed by atoms with E-state index in [0.717, 1.165) is 18.7 Å². The molecule has 1 amide bonds. The Morgan fingerprint density at radius 1 is 1.62 bits per heavy atom. The highest BCUT2D eigenvalue weighted by molar-refractivity contribution is 5.90. The highest BCUT2D eigenvalue weighted by Gasteiger charge is 2.22. The molecule has 1 unspecified atom stereocenters. The molecule has 0 aromatic carbocycles. The maximum Gasteiger partial charge on any atom is 0.231 e. The number of anilines is 1. The van der Waals surface area contributed by atoms with Crippen LogP contribution >= 0.6 is 0 Å². The van der Waals surface area contributed by atoms with Crippen LogP contribution in [0.2, 0.25) is 0 Å². The first-order valence-corrected chi connectivity index (χ1v) is 5.52. The minimum atomic E-state index is -0.0663. The van der Waals surface area contributed by atoms with Gasteiger partial charge in [-0.1, -0.05) is 19.0 Å². The van der Waals surface area contributed by atoms with Crippen LogP contribution in [0, 0.1) is 5.92 Å². The van der Waals surface area contributed by atoms with E-state index in [1.54, 1.807) is 6.07 Å². The molecule has 1 N–H and O–H groups in total. The molecule has 16 heavy (non-hydrogen) atoms. The van der Waals surface area contributed by atoms with E-state index in [2.05, 4.69) is 10.5 Å². The summed E-state index contributed by atoms with van der Waals surface area (Å²) >= 11 is 0. The summed E-state index contributed by atoms with van der Waals surface area (Å²) in [6.07, 6.45) is 0.962. The zero-order valence-corrected chi connectivity index (χ0v) is 9.53. The normalized spacial score (nSPS) is 20.3. The van der Waals surface area contributed by atoms with Crippen molar-refractivity contribution in [2.75, 3.05) is 18.5 Å². The Hall–Kier alpha value is -1.36. The molecule has 2 rings (SSSR count). The summed E-state index contributed by atoms with van der Waals surface area (Å²) in [4.78, 5) is 11.4. The van der Waals surface area contributed by atoms with Gasteiger partial charge in [-0.2, -0.15) is 0 Å². The van der Waals surface area contributed by atoms with Crippen LogP contribution in [0.4, 0.5) is 5.88 Å². The molecule has 0 bridgehead atoms. The Labute approximate surface area is 94.1 Å². The van der Waals surface area contributed by atoms with Gasteiger partial charge in [0.1, 0.15) is 0 Å². The van der Waals surface area contributed by atoms with Crippen LogP contribution in [-0.2, 0) is 9.53 Å². The monoisotopic (exact) mass is 224 g/mol. The van der Waals surface area contributed by atoms with E-state index in [-0.39, 0.29) is 11.8 Å². The molecule has 1 aliphatic rings. The van der Waals surface area contributed by atoms with Crippen LogP contribution in [0.1, 0.15) is 31.9 Å². The average Bonchev–Trinajstić information content (AvgIpc) is 2.85. The second kappa shape index (κ2) is 4.65. The fourth-order valence-electron chi connectivity index (χ4n) is 1.57. The first kappa shape index (κ1) is 11.1. The second-order valence-corrected chi connectivity index (χ2v) is 4.32. The fraction of sp³-hybridized carbons (Fsp3) is 0.636. The lowest BCUT2D eigenvalue weighted by Gasteiger charge is -2.02. The third-order valence-corrected chi connectivity index (χ3v) is 2.65. The summed E-state index contributed by atoms with van der Waals surface area (Å²) < 4.78 is 10.3. The Morgan fingerprint density at radius 3 is 3.06 bits per heavy atom. The highest BCUT2D eigenvalue weighted by Crippen LogP contribution is 2.26. The third kappa shape index (κ3) is 2.41. The Bertz CT molecular complexity index is 367. The molecule has 2 heterocycles. The molecule has 0 radical (unpaired) electrons. The van der Waals surface area contributed by atoms with Gasteiger partial charge in [-0.05, 0) is 6.42 Å². The van der Waals surface area contributed by atoms with Crippen molar-refractivity contribution in [3.05, 3.63) is 11.8 Å². The van der Waals surface area contributed by atoms with Crippen LogP contribution in [0.5, 0.6) is 0 Å². The summed E-state index contributed by atoms with van der Waals surface area (Å²) in [7, 11) is 0. The van der Waals surface area contributed by atoms with Gasteiger partial charge in [0, 0.05) is 24.5 Å². The molecule has 1 aromatic heterocycles. The number of hydrogen-bond donors (Lipinski definition) is 1. The maximum atomic E-state index is 11.4. The lowest BCUT2D eigenvalue weighted by Crippen LogP contribution is -2.17. The predicted molar refractivity (Wildman–Crippen MR) is 58.1 cm³/mol. The van der Waals surface area contributed by atoms with Gasteiger partial charge >= 0.3 is 0 Å². The molecular formula is C11H16N2O3. The van der Waals surface area contributed by atoms with Gasteiger partial charge in [0.15, 0.2) is 0 Å². The van der Waals surface area contributed by atoms with E-state index in [0.29, 0.717) is 18.4 Å². The van der Waals surface area contributed by atoms with Crippen LogP contribution in [0.3, 0.4) is 0 Å². The molecule has 0 aliphatic carbocycles. The van der Waals surface area contributed by atoms with Crippen molar-refractivity contribution in [2.45, 2.75) is 26.2 Å². The predicted octanol–water partition coefficient (Wildman–Crippen LogP) is 1.77. The van der Waals surface area contributed by atoms with Gasteiger partial charge in [0.05, 0.1) is 12.3 Å². The van der Waals surface area contributed by atoms with E-state index in [4.69, 9.17) is 9.26 Å². The summed E-state index contributed by atoms with van der Waals surface area (Å²) in [6, 6.07) is 1.78. The molecule has 88 valence electrons. The van der Waals surface area contributed by atoms with Crippen molar-refractivity contribution in [3.63, 3.8) is 0 Å². The van der Waals surface area contributed by atoms with Crippen LogP contribution < -0.4 is 5.32 Å². The van der Waals surface area contributed by atoms with Gasteiger partial charge in [-0.25, -0.2) is 0 Å². The van der Waals surface area contributed by atoms with Crippen molar-refractivity contribution in [3.8, 4) is 0 Å². The fourth-order valence-corrected chi connectivity index (χ4v) is 1.57. The molecule has 1 aromatic rings. The Kier molecular flexibility index (Phi) is 3.24. The van der Waals surface area contributed by atoms with Crippen molar-refractivity contribution >= 4 is 11.8 Å². The molecule has 5 nitrogen and oxygen atoms in total. The van der Waals surface area contributed by atoms with E-state index in [9.17, 15) is 4.79 Å². The standard InChI is InChI=1S/C11H16N2O3/c1-7(2)11(14)12-10-5-9(13-16-10)8-3-4-15-6-8/h5,7-8H,3-4,6H2,1-2H3,(H,12,14). The van der Waals surface area contributed by atoms with Crippen LogP contribution in [0.15, 0.2) is 10.6 Å². The summed E-state index contributed by atoms with van der Waals surface area (Å²) in [5, 5.41) is 6.62. The van der Waals surface area contributed by atoms with Crippen molar-refractivity contribution in [2.24, 2.45) is 5.92 Å². The molecule has 1 aliphatic heterocycles. The third-order valence-electron chi connectivity index (χ3n) is 2.65.